The van der Waals surface area contributed by atoms with Gasteiger partial charge in [-0.25, -0.2) is 4.79 Å². The van der Waals surface area contributed by atoms with E-state index in [1.165, 1.54) is 0 Å². The molecule has 1 N–H and O–H groups in total. The predicted molar refractivity (Wildman–Crippen MR) is 29.8 cm³/mol. The Morgan fingerprint density at radius 3 is 2.78 bits per heavy atom. The van der Waals surface area contributed by atoms with Gasteiger partial charge in [0.1, 0.15) is 0 Å². The van der Waals surface area contributed by atoms with Crippen molar-refractivity contribution in [2.75, 3.05) is 13.7 Å². The fourth-order valence-electron chi connectivity index (χ4n) is 0.406. The third-order valence-electron chi connectivity index (χ3n) is 0.831. The number of hydrogen-bond acceptors (Lipinski definition) is 4. The second-order valence-corrected chi connectivity index (χ2v) is 1.56. The number of rotatable bonds is 4. The molecule has 54 valence electrons. The molecule has 0 aliphatic carbocycles. The summed E-state index contributed by atoms with van der Waals surface area (Å²) in [7, 11) is 1.55. The van der Waals surface area contributed by atoms with Crippen molar-refractivity contribution in [1.82, 2.24) is 0 Å². The van der Waals surface area contributed by atoms with Crippen LogP contribution in [0, 0.1) is 0 Å². The van der Waals surface area contributed by atoms with Crippen LogP contribution < -0.4 is 0 Å². The third kappa shape index (κ3) is 5.26. The first-order chi connectivity index (χ1) is 4.31. The van der Waals surface area contributed by atoms with Crippen molar-refractivity contribution in [3.8, 4) is 0 Å². The predicted octanol–water partition coefficient (Wildman–Crippen LogP) is 0.429. The van der Waals surface area contributed by atoms with Gasteiger partial charge in [0.05, 0.1) is 6.42 Å². The standard InChI is InChI=1S/C5H10O4/c1-8-4-2-3-5(6)9-7/h7H,2-4H2,1H3. The zero-order valence-electron chi connectivity index (χ0n) is 5.29. The van der Waals surface area contributed by atoms with Crippen LogP contribution in [0.3, 0.4) is 0 Å². The maximum absolute atomic E-state index is 10.2. The van der Waals surface area contributed by atoms with Gasteiger partial charge in [0.25, 0.3) is 0 Å². The number of carbonyl (C=O) groups excluding carboxylic acids is 1. The van der Waals surface area contributed by atoms with E-state index in [1.807, 2.05) is 0 Å². The van der Waals surface area contributed by atoms with Crippen molar-refractivity contribution in [3.63, 3.8) is 0 Å². The summed E-state index contributed by atoms with van der Waals surface area (Å²) in [6.45, 7) is 0.509. The molecule has 4 nitrogen and oxygen atoms in total. The van der Waals surface area contributed by atoms with Crippen molar-refractivity contribution in [1.29, 1.82) is 0 Å². The SMILES string of the molecule is COCCCC(=O)OO. The summed E-state index contributed by atoms with van der Waals surface area (Å²) >= 11 is 0. The van der Waals surface area contributed by atoms with Gasteiger partial charge in [0.15, 0.2) is 0 Å². The van der Waals surface area contributed by atoms with E-state index in [-0.39, 0.29) is 6.42 Å². The topological polar surface area (TPSA) is 55.8 Å². The smallest absolute Gasteiger partial charge is 0.342 e. The highest BCUT2D eigenvalue weighted by molar-refractivity contribution is 5.68. The van der Waals surface area contributed by atoms with Crippen molar-refractivity contribution in [2.24, 2.45) is 0 Å². The number of hydrogen-bond donors (Lipinski definition) is 1. The minimum absolute atomic E-state index is 0.199. The van der Waals surface area contributed by atoms with Gasteiger partial charge in [-0.2, -0.15) is 5.26 Å². The Balaban J connectivity index is 2.97. The lowest BCUT2D eigenvalue weighted by molar-refractivity contribution is -0.234. The average Bonchev–Trinajstić information content (AvgIpc) is 1.89. The van der Waals surface area contributed by atoms with E-state index in [1.54, 1.807) is 7.11 Å². The molecule has 4 heteroatoms. The van der Waals surface area contributed by atoms with E-state index in [9.17, 15) is 4.79 Å². The van der Waals surface area contributed by atoms with Crippen LogP contribution in [0.15, 0.2) is 0 Å². The zero-order chi connectivity index (χ0) is 7.11. The quantitative estimate of drug-likeness (QED) is 0.344. The summed E-state index contributed by atoms with van der Waals surface area (Å²) in [5.41, 5.74) is 0. The molecule has 0 amide bonds. The molecule has 0 bridgehead atoms. The summed E-state index contributed by atoms with van der Waals surface area (Å²) in [6.07, 6.45) is 0.778. The molecule has 0 fully saturated rings. The van der Waals surface area contributed by atoms with Crippen molar-refractivity contribution < 1.29 is 19.7 Å². The molecule has 9 heavy (non-hydrogen) atoms. The van der Waals surface area contributed by atoms with Gasteiger partial charge in [-0.15, -0.1) is 0 Å². The van der Waals surface area contributed by atoms with Crippen LogP contribution in [0.4, 0.5) is 0 Å². The molecule has 0 saturated carbocycles. The highest BCUT2D eigenvalue weighted by atomic mass is 17.1. The number of methoxy groups -OCH3 is 1. The van der Waals surface area contributed by atoms with Crippen molar-refractivity contribution in [2.45, 2.75) is 12.8 Å². The largest absolute Gasteiger partial charge is 0.385 e. The van der Waals surface area contributed by atoms with Gasteiger partial charge >= 0.3 is 5.97 Å². The first kappa shape index (κ1) is 8.39. The summed E-state index contributed by atoms with van der Waals surface area (Å²) in [5, 5.41) is 7.74. The molecule has 0 radical (unpaired) electrons. The van der Waals surface area contributed by atoms with E-state index >= 15 is 0 Å². The number of carbonyl (C=O) groups is 1. The van der Waals surface area contributed by atoms with E-state index < -0.39 is 5.97 Å². The Labute approximate surface area is 53.3 Å². The van der Waals surface area contributed by atoms with E-state index in [4.69, 9.17) is 5.26 Å². The van der Waals surface area contributed by atoms with E-state index in [0.717, 1.165) is 0 Å². The van der Waals surface area contributed by atoms with Gasteiger partial charge in [-0.3, -0.25) is 0 Å². The van der Waals surface area contributed by atoms with E-state index in [2.05, 4.69) is 9.62 Å². The molecule has 0 spiro atoms. The molecule has 0 atom stereocenters. The monoisotopic (exact) mass is 134 g/mol. The van der Waals surface area contributed by atoms with Crippen molar-refractivity contribution >= 4 is 5.97 Å². The highest BCUT2D eigenvalue weighted by Gasteiger charge is 1.99. The van der Waals surface area contributed by atoms with E-state index in [0.29, 0.717) is 13.0 Å². The normalized spacial score (nSPS) is 9.11. The first-order valence-corrected chi connectivity index (χ1v) is 2.64. The van der Waals surface area contributed by atoms with Crippen molar-refractivity contribution in [3.05, 3.63) is 0 Å². The lowest BCUT2D eigenvalue weighted by Gasteiger charge is -1.94. The fraction of sp³-hybridized carbons (Fsp3) is 0.800. The average molecular weight is 134 g/mol. The highest BCUT2D eigenvalue weighted by Crippen LogP contribution is 1.90. The Kier molecular flexibility index (Phi) is 5.15. The Bertz CT molecular complexity index is 81.0. The third-order valence-corrected chi connectivity index (χ3v) is 0.831. The van der Waals surface area contributed by atoms with Crippen LogP contribution >= 0.6 is 0 Å². The Morgan fingerprint density at radius 1 is 1.67 bits per heavy atom. The lowest BCUT2D eigenvalue weighted by Crippen LogP contribution is -2.01. The maximum atomic E-state index is 10.2. The first-order valence-electron chi connectivity index (χ1n) is 2.64. The molecule has 0 rings (SSSR count). The van der Waals surface area contributed by atoms with Crippen LogP contribution in [-0.2, 0) is 14.4 Å². The zero-order valence-corrected chi connectivity index (χ0v) is 5.29. The summed E-state index contributed by atoms with van der Waals surface area (Å²) in [6, 6.07) is 0. The van der Waals surface area contributed by atoms with Gasteiger partial charge < -0.3 is 9.62 Å². The molecule has 0 aromatic heterocycles. The second-order valence-electron chi connectivity index (χ2n) is 1.56. The van der Waals surface area contributed by atoms with Crippen LogP contribution in [0.25, 0.3) is 0 Å². The molecule has 0 heterocycles. The molecular weight excluding hydrogens is 124 g/mol. The minimum atomic E-state index is -0.618. The molecule has 0 aliphatic heterocycles. The van der Waals surface area contributed by atoms with Gasteiger partial charge in [0.2, 0.25) is 0 Å². The van der Waals surface area contributed by atoms with Crippen LogP contribution in [0.1, 0.15) is 12.8 Å². The van der Waals surface area contributed by atoms with Gasteiger partial charge in [-0.05, 0) is 6.42 Å². The summed E-state index contributed by atoms with van der Waals surface area (Å²) < 4.78 is 4.65. The summed E-state index contributed by atoms with van der Waals surface area (Å²) in [4.78, 5) is 13.6. The van der Waals surface area contributed by atoms with Gasteiger partial charge in [0, 0.05) is 13.7 Å². The van der Waals surface area contributed by atoms with Gasteiger partial charge in [-0.1, -0.05) is 0 Å². The van der Waals surface area contributed by atoms with Crippen LogP contribution in [0.2, 0.25) is 0 Å². The molecule has 0 aromatic rings. The molecule has 0 unspecified atom stereocenters. The summed E-state index contributed by atoms with van der Waals surface area (Å²) in [5.74, 6) is -0.618. The minimum Gasteiger partial charge on any atom is -0.385 e. The number of ether oxygens (including phenoxy) is 1. The molecular formula is C5H10O4. The molecule has 0 saturated heterocycles. The lowest BCUT2D eigenvalue weighted by atomic mass is 10.3. The molecule has 0 aromatic carbocycles. The second kappa shape index (κ2) is 5.53. The maximum Gasteiger partial charge on any atom is 0.342 e. The Hall–Kier alpha value is -0.610. The van der Waals surface area contributed by atoms with Crippen LogP contribution in [-0.4, -0.2) is 24.9 Å². The molecule has 0 aliphatic rings. The van der Waals surface area contributed by atoms with Crippen LogP contribution in [0.5, 0.6) is 0 Å². The fourth-order valence-corrected chi connectivity index (χ4v) is 0.406. The Morgan fingerprint density at radius 2 is 2.33 bits per heavy atom.